The van der Waals surface area contributed by atoms with Crippen molar-refractivity contribution in [3.05, 3.63) is 65.0 Å². The Morgan fingerprint density at radius 1 is 1.11 bits per heavy atom. The molecular formula is C16H18FNS. The Balaban J connectivity index is 2.08. The molecule has 0 fully saturated rings. The second kappa shape index (κ2) is 6.22. The summed E-state index contributed by atoms with van der Waals surface area (Å²) in [5.74, 6) is 0.492. The van der Waals surface area contributed by atoms with E-state index in [0.717, 1.165) is 5.56 Å². The molecule has 2 rings (SSSR count). The third-order valence-electron chi connectivity index (χ3n) is 3.30. The van der Waals surface area contributed by atoms with Crippen LogP contribution in [0, 0.1) is 19.7 Å². The van der Waals surface area contributed by atoms with Crippen LogP contribution in [0.15, 0.2) is 47.4 Å². The number of nitrogens with two attached hydrogens (primary N) is 1. The zero-order valence-corrected chi connectivity index (χ0v) is 12.0. The van der Waals surface area contributed by atoms with Crippen LogP contribution in [-0.4, -0.2) is 5.75 Å². The molecule has 0 saturated carbocycles. The lowest BCUT2D eigenvalue weighted by Gasteiger charge is -2.16. The Morgan fingerprint density at radius 3 is 2.58 bits per heavy atom. The molecule has 0 radical (unpaired) electrons. The SMILES string of the molecule is Cc1cccc(C(N)CSc2ccccc2F)c1C. The summed E-state index contributed by atoms with van der Waals surface area (Å²) in [7, 11) is 0. The summed E-state index contributed by atoms with van der Waals surface area (Å²) in [6, 6.07) is 12.9. The summed E-state index contributed by atoms with van der Waals surface area (Å²) >= 11 is 1.46. The van der Waals surface area contributed by atoms with Crippen molar-refractivity contribution in [2.75, 3.05) is 5.75 Å². The van der Waals surface area contributed by atoms with Gasteiger partial charge in [0.2, 0.25) is 0 Å². The lowest BCUT2D eigenvalue weighted by Crippen LogP contribution is -2.14. The molecule has 0 aromatic heterocycles. The van der Waals surface area contributed by atoms with Gasteiger partial charge in [0.25, 0.3) is 0 Å². The molecule has 19 heavy (non-hydrogen) atoms. The molecule has 0 aliphatic heterocycles. The molecule has 0 aliphatic rings. The molecule has 100 valence electrons. The summed E-state index contributed by atoms with van der Waals surface area (Å²) in [6.45, 7) is 4.16. The normalized spacial score (nSPS) is 12.4. The number of halogens is 1. The van der Waals surface area contributed by atoms with Crippen molar-refractivity contribution in [2.45, 2.75) is 24.8 Å². The van der Waals surface area contributed by atoms with Crippen LogP contribution >= 0.6 is 11.8 Å². The van der Waals surface area contributed by atoms with Gasteiger partial charge in [-0.1, -0.05) is 30.3 Å². The van der Waals surface area contributed by atoms with Crippen LogP contribution in [0.25, 0.3) is 0 Å². The van der Waals surface area contributed by atoms with Crippen molar-refractivity contribution in [1.82, 2.24) is 0 Å². The largest absolute Gasteiger partial charge is 0.323 e. The average Bonchev–Trinajstić information content (AvgIpc) is 2.40. The molecule has 2 aromatic carbocycles. The maximum absolute atomic E-state index is 13.5. The first-order valence-electron chi connectivity index (χ1n) is 6.28. The van der Waals surface area contributed by atoms with Gasteiger partial charge in [-0.25, -0.2) is 4.39 Å². The molecule has 1 atom stereocenters. The number of aryl methyl sites for hydroxylation is 1. The van der Waals surface area contributed by atoms with Crippen LogP contribution < -0.4 is 5.73 Å². The fraction of sp³-hybridized carbons (Fsp3) is 0.250. The minimum absolute atomic E-state index is 0.0792. The number of benzene rings is 2. The van der Waals surface area contributed by atoms with E-state index < -0.39 is 0 Å². The number of hydrogen-bond acceptors (Lipinski definition) is 2. The lowest BCUT2D eigenvalue weighted by molar-refractivity contribution is 0.601. The van der Waals surface area contributed by atoms with Crippen LogP contribution in [0.4, 0.5) is 4.39 Å². The first-order valence-corrected chi connectivity index (χ1v) is 7.27. The van der Waals surface area contributed by atoms with Gasteiger partial charge in [0.1, 0.15) is 5.82 Å². The van der Waals surface area contributed by atoms with E-state index in [-0.39, 0.29) is 11.9 Å². The summed E-state index contributed by atoms with van der Waals surface area (Å²) < 4.78 is 13.5. The topological polar surface area (TPSA) is 26.0 Å². The Hall–Kier alpha value is -1.32. The standard InChI is InChI=1S/C16H18FNS/c1-11-6-5-7-13(12(11)2)15(18)10-19-16-9-4-3-8-14(16)17/h3-9,15H,10,18H2,1-2H3. The Kier molecular flexibility index (Phi) is 4.61. The Bertz CT molecular complexity index is 568. The molecule has 0 aliphatic carbocycles. The van der Waals surface area contributed by atoms with Crippen LogP contribution in [0.2, 0.25) is 0 Å². The molecule has 3 heteroatoms. The van der Waals surface area contributed by atoms with Crippen molar-refractivity contribution in [1.29, 1.82) is 0 Å². The highest BCUT2D eigenvalue weighted by Crippen LogP contribution is 2.27. The van der Waals surface area contributed by atoms with Gasteiger partial charge in [0, 0.05) is 16.7 Å². The van der Waals surface area contributed by atoms with Crippen LogP contribution in [0.5, 0.6) is 0 Å². The first kappa shape index (κ1) is 14.1. The number of thioether (sulfide) groups is 1. The molecule has 0 heterocycles. The molecule has 0 amide bonds. The third-order valence-corrected chi connectivity index (χ3v) is 4.47. The third kappa shape index (κ3) is 3.37. The number of rotatable bonds is 4. The van der Waals surface area contributed by atoms with Gasteiger partial charge >= 0.3 is 0 Å². The van der Waals surface area contributed by atoms with Crippen molar-refractivity contribution in [3.8, 4) is 0 Å². The molecule has 1 unspecified atom stereocenters. The van der Waals surface area contributed by atoms with Crippen molar-refractivity contribution < 1.29 is 4.39 Å². The zero-order valence-electron chi connectivity index (χ0n) is 11.2. The van der Waals surface area contributed by atoms with Gasteiger partial charge in [-0.2, -0.15) is 0 Å². The fourth-order valence-electron chi connectivity index (χ4n) is 2.01. The zero-order chi connectivity index (χ0) is 13.8. The van der Waals surface area contributed by atoms with Crippen molar-refractivity contribution in [3.63, 3.8) is 0 Å². The summed E-state index contributed by atoms with van der Waals surface area (Å²) in [5.41, 5.74) is 9.83. The highest BCUT2D eigenvalue weighted by atomic mass is 32.2. The summed E-state index contributed by atoms with van der Waals surface area (Å²) in [4.78, 5) is 0.656. The van der Waals surface area contributed by atoms with Gasteiger partial charge in [0.05, 0.1) is 0 Å². The van der Waals surface area contributed by atoms with E-state index in [1.165, 1.54) is 29.0 Å². The molecule has 0 spiro atoms. The minimum Gasteiger partial charge on any atom is -0.323 e. The van der Waals surface area contributed by atoms with E-state index in [1.807, 2.05) is 12.1 Å². The van der Waals surface area contributed by atoms with Crippen LogP contribution in [-0.2, 0) is 0 Å². The Labute approximate surface area is 118 Å². The quantitative estimate of drug-likeness (QED) is 0.845. The van der Waals surface area contributed by atoms with Crippen LogP contribution in [0.3, 0.4) is 0 Å². The maximum Gasteiger partial charge on any atom is 0.136 e. The van der Waals surface area contributed by atoms with E-state index in [1.54, 1.807) is 12.1 Å². The number of hydrogen-bond donors (Lipinski definition) is 1. The average molecular weight is 275 g/mol. The van der Waals surface area contributed by atoms with Crippen molar-refractivity contribution in [2.24, 2.45) is 5.73 Å². The van der Waals surface area contributed by atoms with E-state index in [2.05, 4.69) is 26.0 Å². The summed E-state index contributed by atoms with van der Waals surface area (Å²) in [5, 5.41) is 0. The predicted molar refractivity (Wildman–Crippen MR) is 80.0 cm³/mol. The second-order valence-electron chi connectivity index (χ2n) is 4.64. The highest BCUT2D eigenvalue weighted by Gasteiger charge is 2.11. The monoisotopic (exact) mass is 275 g/mol. The molecule has 0 saturated heterocycles. The van der Waals surface area contributed by atoms with Crippen LogP contribution in [0.1, 0.15) is 22.7 Å². The molecule has 2 aromatic rings. The highest BCUT2D eigenvalue weighted by molar-refractivity contribution is 7.99. The van der Waals surface area contributed by atoms with Gasteiger partial charge in [-0.05, 0) is 42.7 Å². The van der Waals surface area contributed by atoms with Gasteiger partial charge in [-0.15, -0.1) is 11.8 Å². The van der Waals surface area contributed by atoms with E-state index in [4.69, 9.17) is 5.73 Å². The second-order valence-corrected chi connectivity index (χ2v) is 5.70. The lowest BCUT2D eigenvalue weighted by atomic mass is 9.99. The van der Waals surface area contributed by atoms with Gasteiger partial charge < -0.3 is 5.73 Å². The van der Waals surface area contributed by atoms with E-state index in [0.29, 0.717) is 10.6 Å². The molecule has 0 bridgehead atoms. The van der Waals surface area contributed by atoms with E-state index in [9.17, 15) is 4.39 Å². The predicted octanol–water partition coefficient (Wildman–Crippen LogP) is 4.23. The molecular weight excluding hydrogens is 257 g/mol. The minimum atomic E-state index is -0.180. The van der Waals surface area contributed by atoms with Gasteiger partial charge in [0.15, 0.2) is 0 Å². The van der Waals surface area contributed by atoms with E-state index >= 15 is 0 Å². The first-order chi connectivity index (χ1) is 9.09. The van der Waals surface area contributed by atoms with Crippen molar-refractivity contribution >= 4 is 11.8 Å². The van der Waals surface area contributed by atoms with Gasteiger partial charge in [-0.3, -0.25) is 0 Å². The maximum atomic E-state index is 13.5. The summed E-state index contributed by atoms with van der Waals surface area (Å²) in [6.07, 6.45) is 0. The Morgan fingerprint density at radius 2 is 1.84 bits per heavy atom. The fourth-order valence-corrected chi connectivity index (χ4v) is 2.93. The smallest absolute Gasteiger partial charge is 0.136 e. The molecule has 1 nitrogen and oxygen atoms in total. The molecule has 2 N–H and O–H groups in total.